The fraction of sp³-hybridized carbons (Fsp3) is 0.333. The lowest BCUT2D eigenvalue weighted by molar-refractivity contribution is 0.600. The molecule has 0 bridgehead atoms. The minimum atomic E-state index is -0.147. The molecule has 0 saturated heterocycles. The predicted octanol–water partition coefficient (Wildman–Crippen LogP) is 1.83. The standard InChI is InChI=1S/C15H18N4/c1-10-8-17-15(18-9-10)14(19-16)13-6-5-11-3-2-4-12(11)7-13/h5-9,14,19H,2-4,16H2,1H3. The van der Waals surface area contributed by atoms with Crippen LogP contribution in [0.15, 0.2) is 30.6 Å². The van der Waals surface area contributed by atoms with Crippen LogP contribution in [0.4, 0.5) is 0 Å². The molecule has 0 saturated carbocycles. The molecule has 0 fully saturated rings. The largest absolute Gasteiger partial charge is 0.270 e. The van der Waals surface area contributed by atoms with Gasteiger partial charge in [0.1, 0.15) is 6.04 Å². The fourth-order valence-electron chi connectivity index (χ4n) is 2.64. The summed E-state index contributed by atoms with van der Waals surface area (Å²) < 4.78 is 0. The number of hydrazine groups is 1. The van der Waals surface area contributed by atoms with Crippen LogP contribution >= 0.6 is 0 Å². The maximum absolute atomic E-state index is 5.69. The number of nitrogens with two attached hydrogens (primary N) is 1. The molecule has 0 amide bonds. The highest BCUT2D eigenvalue weighted by molar-refractivity contribution is 5.38. The molecule has 0 spiro atoms. The molecule has 1 atom stereocenters. The van der Waals surface area contributed by atoms with Gasteiger partial charge in [0.2, 0.25) is 0 Å². The molecule has 1 aromatic carbocycles. The van der Waals surface area contributed by atoms with E-state index < -0.39 is 0 Å². The molecule has 0 aliphatic heterocycles. The summed E-state index contributed by atoms with van der Waals surface area (Å²) in [4.78, 5) is 8.73. The molecule has 3 N–H and O–H groups in total. The zero-order valence-electron chi connectivity index (χ0n) is 11.1. The normalized spacial score (nSPS) is 15.3. The lowest BCUT2D eigenvalue weighted by Crippen LogP contribution is -2.30. The van der Waals surface area contributed by atoms with Crippen LogP contribution in [0.1, 0.15) is 40.5 Å². The van der Waals surface area contributed by atoms with Crippen LogP contribution in [0, 0.1) is 6.92 Å². The van der Waals surface area contributed by atoms with Crippen molar-refractivity contribution in [3.8, 4) is 0 Å². The molecular weight excluding hydrogens is 236 g/mol. The quantitative estimate of drug-likeness (QED) is 0.648. The molecule has 3 rings (SSSR count). The van der Waals surface area contributed by atoms with Gasteiger partial charge >= 0.3 is 0 Å². The van der Waals surface area contributed by atoms with Gasteiger partial charge in [-0.3, -0.25) is 5.84 Å². The third-order valence-electron chi connectivity index (χ3n) is 3.68. The minimum Gasteiger partial charge on any atom is -0.270 e. The maximum Gasteiger partial charge on any atom is 0.150 e. The first kappa shape index (κ1) is 12.3. The third kappa shape index (κ3) is 2.37. The van der Waals surface area contributed by atoms with Gasteiger partial charge in [0.25, 0.3) is 0 Å². The molecule has 1 aliphatic rings. The van der Waals surface area contributed by atoms with Crippen LogP contribution in [0.2, 0.25) is 0 Å². The lowest BCUT2D eigenvalue weighted by Gasteiger charge is -2.16. The number of nitrogens with one attached hydrogen (secondary N) is 1. The van der Waals surface area contributed by atoms with E-state index in [-0.39, 0.29) is 6.04 Å². The Balaban J connectivity index is 1.96. The van der Waals surface area contributed by atoms with Gasteiger partial charge in [0.05, 0.1) is 0 Å². The highest BCUT2D eigenvalue weighted by Gasteiger charge is 2.18. The average Bonchev–Trinajstić information content (AvgIpc) is 2.89. The Bertz CT molecular complexity index is 577. The van der Waals surface area contributed by atoms with Crippen molar-refractivity contribution in [2.24, 2.45) is 5.84 Å². The summed E-state index contributed by atoms with van der Waals surface area (Å²) in [5.41, 5.74) is 7.90. The minimum absolute atomic E-state index is 0.147. The van der Waals surface area contributed by atoms with Crippen molar-refractivity contribution in [1.29, 1.82) is 0 Å². The Kier molecular flexibility index (Phi) is 3.27. The van der Waals surface area contributed by atoms with Crippen molar-refractivity contribution >= 4 is 0 Å². The van der Waals surface area contributed by atoms with E-state index in [2.05, 4.69) is 33.6 Å². The van der Waals surface area contributed by atoms with Crippen molar-refractivity contribution in [3.63, 3.8) is 0 Å². The zero-order chi connectivity index (χ0) is 13.2. The van der Waals surface area contributed by atoms with Crippen molar-refractivity contribution in [1.82, 2.24) is 15.4 Å². The third-order valence-corrected chi connectivity index (χ3v) is 3.68. The molecule has 98 valence electrons. The van der Waals surface area contributed by atoms with Gasteiger partial charge in [-0.25, -0.2) is 15.4 Å². The van der Waals surface area contributed by atoms with Gasteiger partial charge in [-0.2, -0.15) is 0 Å². The summed E-state index contributed by atoms with van der Waals surface area (Å²) in [6.45, 7) is 1.98. The summed E-state index contributed by atoms with van der Waals surface area (Å²) in [6, 6.07) is 6.41. The summed E-state index contributed by atoms with van der Waals surface area (Å²) >= 11 is 0. The first-order chi connectivity index (χ1) is 9.28. The highest BCUT2D eigenvalue weighted by Crippen LogP contribution is 2.26. The van der Waals surface area contributed by atoms with Gasteiger partial charge in [0, 0.05) is 12.4 Å². The SMILES string of the molecule is Cc1cnc(C(NN)c2ccc3c(c2)CCC3)nc1. The Morgan fingerprint density at radius 2 is 1.89 bits per heavy atom. The van der Waals surface area contributed by atoms with E-state index in [9.17, 15) is 0 Å². The molecule has 1 aliphatic carbocycles. The molecule has 4 nitrogen and oxygen atoms in total. The number of hydrogen-bond donors (Lipinski definition) is 2. The first-order valence-corrected chi connectivity index (χ1v) is 6.64. The second-order valence-electron chi connectivity index (χ2n) is 5.10. The summed E-state index contributed by atoms with van der Waals surface area (Å²) in [5.74, 6) is 6.40. The molecule has 4 heteroatoms. The van der Waals surface area contributed by atoms with E-state index >= 15 is 0 Å². The van der Waals surface area contributed by atoms with Gasteiger partial charge in [-0.05, 0) is 48.4 Å². The first-order valence-electron chi connectivity index (χ1n) is 6.64. The van der Waals surface area contributed by atoms with Crippen LogP contribution < -0.4 is 11.3 Å². The van der Waals surface area contributed by atoms with Crippen molar-refractivity contribution in [2.45, 2.75) is 32.2 Å². The maximum atomic E-state index is 5.69. The van der Waals surface area contributed by atoms with Crippen LogP contribution in [-0.2, 0) is 12.8 Å². The van der Waals surface area contributed by atoms with Crippen LogP contribution in [0.3, 0.4) is 0 Å². The number of aromatic nitrogens is 2. The van der Waals surface area contributed by atoms with E-state index in [1.54, 1.807) is 0 Å². The molecule has 1 heterocycles. The van der Waals surface area contributed by atoms with Crippen LogP contribution in [-0.4, -0.2) is 9.97 Å². The van der Waals surface area contributed by atoms with Gasteiger partial charge < -0.3 is 0 Å². The molecule has 1 unspecified atom stereocenters. The Hall–Kier alpha value is -1.78. The second-order valence-corrected chi connectivity index (χ2v) is 5.10. The number of hydrogen-bond acceptors (Lipinski definition) is 4. The van der Waals surface area contributed by atoms with Gasteiger partial charge in [0.15, 0.2) is 5.82 Å². The van der Waals surface area contributed by atoms with Gasteiger partial charge in [-0.15, -0.1) is 0 Å². The predicted molar refractivity (Wildman–Crippen MR) is 74.4 cm³/mol. The fourth-order valence-corrected chi connectivity index (χ4v) is 2.64. The van der Waals surface area contributed by atoms with E-state index in [1.807, 2.05) is 19.3 Å². The monoisotopic (exact) mass is 254 g/mol. The number of rotatable bonds is 3. The number of nitrogens with zero attached hydrogens (tertiary/aromatic N) is 2. The lowest BCUT2D eigenvalue weighted by atomic mass is 10.0. The summed E-state index contributed by atoms with van der Waals surface area (Å²) in [5, 5.41) is 0. The zero-order valence-corrected chi connectivity index (χ0v) is 11.1. The molecule has 0 radical (unpaired) electrons. The number of fused-ring (bicyclic) bond motifs is 1. The van der Waals surface area contributed by atoms with Gasteiger partial charge in [-0.1, -0.05) is 18.2 Å². The van der Waals surface area contributed by atoms with E-state index in [0.717, 1.165) is 17.5 Å². The molecular formula is C15H18N4. The van der Waals surface area contributed by atoms with E-state index in [4.69, 9.17) is 5.84 Å². The summed E-state index contributed by atoms with van der Waals surface area (Å²) in [6.07, 6.45) is 7.24. The molecule has 19 heavy (non-hydrogen) atoms. The smallest absolute Gasteiger partial charge is 0.150 e. The Morgan fingerprint density at radius 1 is 1.16 bits per heavy atom. The second kappa shape index (κ2) is 5.07. The average molecular weight is 254 g/mol. The molecule has 1 aromatic heterocycles. The highest BCUT2D eigenvalue weighted by atomic mass is 15.2. The number of benzene rings is 1. The van der Waals surface area contributed by atoms with E-state index in [1.165, 1.54) is 24.0 Å². The van der Waals surface area contributed by atoms with Crippen molar-refractivity contribution in [2.75, 3.05) is 0 Å². The topological polar surface area (TPSA) is 63.8 Å². The van der Waals surface area contributed by atoms with E-state index in [0.29, 0.717) is 5.82 Å². The van der Waals surface area contributed by atoms with Crippen molar-refractivity contribution < 1.29 is 0 Å². The molecule has 2 aromatic rings. The van der Waals surface area contributed by atoms with Crippen molar-refractivity contribution in [3.05, 3.63) is 58.7 Å². The Labute approximate surface area is 113 Å². The Morgan fingerprint density at radius 3 is 2.63 bits per heavy atom. The summed E-state index contributed by atoms with van der Waals surface area (Å²) in [7, 11) is 0. The van der Waals surface area contributed by atoms with Crippen LogP contribution in [0.5, 0.6) is 0 Å². The van der Waals surface area contributed by atoms with Crippen LogP contribution in [0.25, 0.3) is 0 Å². The number of aryl methyl sites for hydroxylation is 3.